The molecule has 2 N–H and O–H groups in total. The lowest BCUT2D eigenvalue weighted by atomic mass is 10.0. The highest BCUT2D eigenvalue weighted by Gasteiger charge is 2.46. The van der Waals surface area contributed by atoms with Crippen molar-refractivity contribution in [2.75, 3.05) is 6.61 Å². The zero-order chi connectivity index (χ0) is 8.72. The molecule has 4 atom stereocenters. The highest BCUT2D eigenvalue weighted by atomic mass is 16.6. The van der Waals surface area contributed by atoms with E-state index in [1.54, 1.807) is 0 Å². The predicted octanol–water partition coefficient (Wildman–Crippen LogP) is -1.58. The van der Waals surface area contributed by atoms with E-state index in [9.17, 15) is 9.90 Å². The predicted molar refractivity (Wildman–Crippen MR) is 36.3 cm³/mol. The summed E-state index contributed by atoms with van der Waals surface area (Å²) < 4.78 is 9.87. The molecular weight excluding hydrogens is 164 g/mol. The van der Waals surface area contributed by atoms with Gasteiger partial charge in [0.1, 0.15) is 18.3 Å². The Labute approximate surface area is 68.9 Å². The zero-order valence-corrected chi connectivity index (χ0v) is 6.34. The topological polar surface area (TPSA) is 76.0 Å². The molecule has 2 aliphatic heterocycles. The Hall–Kier alpha value is -0.650. The Morgan fingerprint density at radius 1 is 1.42 bits per heavy atom. The Morgan fingerprint density at radius 2 is 2.17 bits per heavy atom. The molecule has 2 saturated heterocycles. The van der Waals surface area contributed by atoms with E-state index in [2.05, 4.69) is 0 Å². The van der Waals surface area contributed by atoms with Gasteiger partial charge in [0.2, 0.25) is 0 Å². The van der Waals surface area contributed by atoms with Crippen molar-refractivity contribution in [2.45, 2.75) is 30.8 Å². The van der Waals surface area contributed by atoms with E-state index in [-0.39, 0.29) is 25.1 Å². The van der Waals surface area contributed by atoms with Crippen LogP contribution >= 0.6 is 0 Å². The normalized spacial score (nSPS) is 47.0. The van der Waals surface area contributed by atoms with Gasteiger partial charge in [-0.1, -0.05) is 0 Å². The molecule has 12 heavy (non-hydrogen) atoms. The van der Waals surface area contributed by atoms with Gasteiger partial charge in [0.15, 0.2) is 6.10 Å². The van der Waals surface area contributed by atoms with Crippen LogP contribution in [0.1, 0.15) is 6.42 Å². The van der Waals surface area contributed by atoms with E-state index in [1.165, 1.54) is 0 Å². The molecule has 0 radical (unpaired) electrons. The Kier molecular flexibility index (Phi) is 1.79. The largest absolute Gasteiger partial charge is 0.457 e. The van der Waals surface area contributed by atoms with Crippen LogP contribution < -0.4 is 0 Å². The van der Waals surface area contributed by atoms with Crippen LogP contribution in [0.15, 0.2) is 0 Å². The van der Waals surface area contributed by atoms with Gasteiger partial charge in [-0.3, -0.25) is 4.79 Å². The quantitative estimate of drug-likeness (QED) is 0.433. The van der Waals surface area contributed by atoms with Gasteiger partial charge in [-0.05, 0) is 0 Å². The molecule has 0 bridgehead atoms. The van der Waals surface area contributed by atoms with E-state index in [4.69, 9.17) is 14.6 Å². The minimum atomic E-state index is -1.00. The summed E-state index contributed by atoms with van der Waals surface area (Å²) in [7, 11) is 0. The average Bonchev–Trinajstić information content (AvgIpc) is 2.39. The Balaban J connectivity index is 2.11. The van der Waals surface area contributed by atoms with Gasteiger partial charge in [-0.25, -0.2) is 0 Å². The minimum absolute atomic E-state index is 0.0684. The van der Waals surface area contributed by atoms with Crippen molar-refractivity contribution in [3.05, 3.63) is 0 Å². The molecule has 0 saturated carbocycles. The van der Waals surface area contributed by atoms with Gasteiger partial charge >= 0.3 is 5.97 Å². The highest BCUT2D eigenvalue weighted by molar-refractivity contribution is 5.72. The molecule has 0 aromatic rings. The van der Waals surface area contributed by atoms with Gasteiger partial charge in [0.05, 0.1) is 13.0 Å². The van der Waals surface area contributed by atoms with Crippen molar-refractivity contribution in [3.63, 3.8) is 0 Å². The molecular formula is C7H10O5. The first kappa shape index (κ1) is 7.97. The second-order valence-electron chi connectivity index (χ2n) is 3.09. The molecule has 0 unspecified atom stereocenters. The van der Waals surface area contributed by atoms with E-state index in [1.807, 2.05) is 0 Å². The lowest BCUT2D eigenvalue weighted by Gasteiger charge is -2.32. The summed E-state index contributed by atoms with van der Waals surface area (Å²) in [4.78, 5) is 10.8. The molecule has 0 amide bonds. The molecule has 5 nitrogen and oxygen atoms in total. The lowest BCUT2D eigenvalue weighted by molar-refractivity contribution is -0.178. The highest BCUT2D eigenvalue weighted by Crippen LogP contribution is 2.26. The van der Waals surface area contributed by atoms with Crippen LogP contribution in [-0.4, -0.2) is 47.2 Å². The van der Waals surface area contributed by atoms with Gasteiger partial charge in [-0.15, -0.1) is 0 Å². The fourth-order valence-corrected chi connectivity index (χ4v) is 1.54. The van der Waals surface area contributed by atoms with Crippen molar-refractivity contribution in [2.24, 2.45) is 0 Å². The first-order valence-electron chi connectivity index (χ1n) is 3.85. The monoisotopic (exact) mass is 174 g/mol. The van der Waals surface area contributed by atoms with Crippen LogP contribution in [-0.2, 0) is 14.3 Å². The minimum Gasteiger partial charge on any atom is -0.457 e. The van der Waals surface area contributed by atoms with Crippen LogP contribution in [0, 0.1) is 0 Å². The maximum atomic E-state index is 10.8. The fourth-order valence-electron chi connectivity index (χ4n) is 1.54. The van der Waals surface area contributed by atoms with Gasteiger partial charge in [0, 0.05) is 0 Å². The third kappa shape index (κ3) is 1.10. The molecule has 68 valence electrons. The van der Waals surface area contributed by atoms with Crippen LogP contribution in [0.4, 0.5) is 0 Å². The summed E-state index contributed by atoms with van der Waals surface area (Å²) in [6.45, 7) is 0.0684. The van der Waals surface area contributed by atoms with Crippen LogP contribution in [0.3, 0.4) is 0 Å². The Morgan fingerprint density at radius 3 is 2.92 bits per heavy atom. The second kappa shape index (κ2) is 2.69. The first-order chi connectivity index (χ1) is 5.68. The summed E-state index contributed by atoms with van der Waals surface area (Å²) in [6.07, 6.45) is -2.83. The second-order valence-corrected chi connectivity index (χ2v) is 3.09. The van der Waals surface area contributed by atoms with Crippen molar-refractivity contribution in [3.8, 4) is 0 Å². The van der Waals surface area contributed by atoms with Crippen LogP contribution in [0.2, 0.25) is 0 Å². The van der Waals surface area contributed by atoms with Gasteiger partial charge in [-0.2, -0.15) is 0 Å². The Bertz CT molecular complexity index is 204. The summed E-state index contributed by atoms with van der Waals surface area (Å²) in [5.41, 5.74) is 0. The van der Waals surface area contributed by atoms with E-state index in [0.29, 0.717) is 0 Å². The number of carbonyl (C=O) groups is 1. The smallest absolute Gasteiger partial charge is 0.309 e. The molecule has 2 rings (SSSR count). The maximum absolute atomic E-state index is 10.8. The third-order valence-electron chi connectivity index (χ3n) is 2.21. The number of ether oxygens (including phenoxy) is 2. The SMILES string of the molecule is O=C1C[C@@H]2OC[C@@H](O)[C@H](O)[C@@H]2O1. The molecule has 5 heteroatoms. The maximum Gasteiger partial charge on any atom is 0.309 e. The summed E-state index contributed by atoms with van der Waals surface area (Å²) in [5.74, 6) is -0.377. The molecule has 0 aromatic heterocycles. The zero-order valence-electron chi connectivity index (χ0n) is 6.34. The summed E-state index contributed by atoms with van der Waals surface area (Å²) in [5, 5.41) is 18.5. The molecule has 2 aliphatic rings. The standard InChI is InChI=1S/C7H10O5/c8-3-2-11-4-1-5(9)12-7(4)6(3)10/h3-4,6-8,10H,1-2H2/t3-,4+,6+,7-/m1/s1. The number of fused-ring (bicyclic) bond motifs is 1. The van der Waals surface area contributed by atoms with Crippen molar-refractivity contribution in [1.29, 1.82) is 0 Å². The number of esters is 1. The first-order valence-corrected chi connectivity index (χ1v) is 3.85. The van der Waals surface area contributed by atoms with Crippen LogP contribution in [0.25, 0.3) is 0 Å². The molecule has 2 fully saturated rings. The third-order valence-corrected chi connectivity index (χ3v) is 2.21. The van der Waals surface area contributed by atoms with Crippen molar-refractivity contribution >= 4 is 5.97 Å². The van der Waals surface area contributed by atoms with Gasteiger partial charge in [0.25, 0.3) is 0 Å². The van der Waals surface area contributed by atoms with Crippen molar-refractivity contribution < 1.29 is 24.5 Å². The van der Waals surface area contributed by atoms with Crippen LogP contribution in [0.5, 0.6) is 0 Å². The number of carbonyl (C=O) groups excluding carboxylic acids is 1. The molecule has 0 spiro atoms. The number of hydrogen-bond acceptors (Lipinski definition) is 5. The number of aliphatic hydroxyl groups is 2. The number of hydrogen-bond donors (Lipinski definition) is 2. The van der Waals surface area contributed by atoms with Gasteiger partial charge < -0.3 is 19.7 Å². The fraction of sp³-hybridized carbons (Fsp3) is 0.857. The molecule has 0 aromatic carbocycles. The molecule has 2 heterocycles. The summed E-state index contributed by atoms with van der Waals surface area (Å²) >= 11 is 0. The molecule has 0 aliphatic carbocycles. The number of rotatable bonds is 0. The van der Waals surface area contributed by atoms with E-state index >= 15 is 0 Å². The van der Waals surface area contributed by atoms with Crippen molar-refractivity contribution in [1.82, 2.24) is 0 Å². The lowest BCUT2D eigenvalue weighted by Crippen LogP contribution is -2.50. The number of aliphatic hydroxyl groups excluding tert-OH is 2. The van der Waals surface area contributed by atoms with E-state index in [0.717, 1.165) is 0 Å². The van der Waals surface area contributed by atoms with E-state index < -0.39 is 18.3 Å². The average molecular weight is 174 g/mol. The summed E-state index contributed by atoms with van der Waals surface area (Å²) in [6, 6.07) is 0.